The molecule has 3 N–H and O–H groups in total. The topological polar surface area (TPSA) is 111 Å². The lowest BCUT2D eigenvalue weighted by Gasteiger charge is -2.34. The summed E-state index contributed by atoms with van der Waals surface area (Å²) in [5, 5.41) is 2.52. The van der Waals surface area contributed by atoms with E-state index in [1.165, 1.54) is 11.9 Å². The zero-order chi connectivity index (χ0) is 20.3. The lowest BCUT2D eigenvalue weighted by Crippen LogP contribution is -2.51. The number of hydrogen-bond donors (Lipinski definition) is 2. The van der Waals surface area contributed by atoms with Crippen LogP contribution in [0.15, 0.2) is 42.5 Å². The van der Waals surface area contributed by atoms with Gasteiger partial charge in [-0.3, -0.25) is 14.4 Å². The highest BCUT2D eigenvalue weighted by Gasteiger charge is 2.33. The number of carbonyl (C=O) groups is 3. The van der Waals surface area contributed by atoms with Crippen molar-refractivity contribution in [1.82, 2.24) is 5.32 Å². The van der Waals surface area contributed by atoms with Gasteiger partial charge in [-0.1, -0.05) is 18.2 Å². The van der Waals surface area contributed by atoms with E-state index < -0.39 is 12.0 Å². The fraction of sp³-hybridized carbons (Fsp3) is 0.250. The van der Waals surface area contributed by atoms with E-state index in [2.05, 4.69) is 5.32 Å². The third kappa shape index (κ3) is 3.90. The Kier molecular flexibility index (Phi) is 5.49. The van der Waals surface area contributed by atoms with Gasteiger partial charge in [-0.15, -0.1) is 0 Å². The molecule has 0 saturated heterocycles. The Morgan fingerprint density at radius 1 is 1.25 bits per heavy atom. The van der Waals surface area contributed by atoms with Crippen LogP contribution in [-0.2, 0) is 9.59 Å². The number of aryl methyl sites for hydroxylation is 1. The normalized spacial score (nSPS) is 15.2. The molecule has 8 nitrogen and oxygen atoms in total. The number of anilines is 1. The number of nitrogens with one attached hydrogen (secondary N) is 1. The number of carbonyl (C=O) groups excluding carboxylic acids is 3. The summed E-state index contributed by atoms with van der Waals surface area (Å²) in [5.41, 5.74) is 6.98. The van der Waals surface area contributed by atoms with Crippen LogP contribution >= 0.6 is 0 Å². The van der Waals surface area contributed by atoms with Crippen molar-refractivity contribution in [2.24, 2.45) is 5.73 Å². The summed E-state index contributed by atoms with van der Waals surface area (Å²) < 4.78 is 11.3. The molecule has 8 heteroatoms. The van der Waals surface area contributed by atoms with Crippen LogP contribution in [0.4, 0.5) is 5.69 Å². The van der Waals surface area contributed by atoms with Crippen molar-refractivity contribution in [1.29, 1.82) is 0 Å². The number of nitrogens with two attached hydrogens (primary N) is 1. The molecule has 0 bridgehead atoms. The summed E-state index contributed by atoms with van der Waals surface area (Å²) in [7, 11) is 1.50. The number of amides is 3. The first kappa shape index (κ1) is 19.2. The van der Waals surface area contributed by atoms with Crippen LogP contribution in [0.2, 0.25) is 0 Å². The number of rotatable bonds is 5. The summed E-state index contributed by atoms with van der Waals surface area (Å²) in [6.07, 6.45) is -0.830. The maximum absolute atomic E-state index is 12.9. The van der Waals surface area contributed by atoms with Gasteiger partial charge in [0.25, 0.3) is 17.7 Å². The number of ether oxygens (including phenoxy) is 2. The van der Waals surface area contributed by atoms with E-state index in [4.69, 9.17) is 15.2 Å². The van der Waals surface area contributed by atoms with Gasteiger partial charge in [0.05, 0.1) is 17.8 Å². The predicted molar refractivity (Wildman–Crippen MR) is 102 cm³/mol. The minimum Gasteiger partial charge on any atom is -0.483 e. The second-order valence-electron chi connectivity index (χ2n) is 6.35. The Morgan fingerprint density at radius 3 is 2.71 bits per heavy atom. The Bertz CT molecular complexity index is 928. The molecule has 146 valence electrons. The zero-order valence-corrected chi connectivity index (χ0v) is 15.6. The minimum atomic E-state index is -0.830. The van der Waals surface area contributed by atoms with Crippen molar-refractivity contribution in [3.05, 3.63) is 53.6 Å². The summed E-state index contributed by atoms with van der Waals surface area (Å²) in [6.45, 7) is 1.57. The van der Waals surface area contributed by atoms with Crippen molar-refractivity contribution in [3.8, 4) is 11.5 Å². The average Bonchev–Trinajstić information content (AvgIpc) is 2.70. The summed E-state index contributed by atoms with van der Waals surface area (Å²) >= 11 is 0. The molecule has 0 radical (unpaired) electrons. The molecule has 0 aliphatic carbocycles. The molecule has 1 atom stereocenters. The fourth-order valence-electron chi connectivity index (χ4n) is 2.94. The highest BCUT2D eigenvalue weighted by molar-refractivity contribution is 5.99. The third-order valence-corrected chi connectivity index (χ3v) is 4.37. The second-order valence-corrected chi connectivity index (χ2v) is 6.35. The van der Waals surface area contributed by atoms with Gasteiger partial charge in [0.1, 0.15) is 11.5 Å². The molecule has 0 spiro atoms. The fourth-order valence-corrected chi connectivity index (χ4v) is 2.94. The Morgan fingerprint density at radius 2 is 2.00 bits per heavy atom. The molecule has 2 aromatic carbocycles. The van der Waals surface area contributed by atoms with Gasteiger partial charge in [-0.05, 0) is 36.8 Å². The molecule has 3 rings (SSSR count). The van der Waals surface area contributed by atoms with E-state index in [-0.39, 0.29) is 36.3 Å². The number of benzene rings is 2. The molecule has 3 amide bonds. The standard InChI is InChI=1S/C20H21N3O5/c1-12-7-8-13(19(21)25)16(9-12)27-11-18(24)23-10-17(20(26)22-2)28-15-6-4-3-5-14(15)23/h3-9,17H,10-11H2,1-2H3,(H2,21,25)(H,22,26)/t17-/m0/s1. The summed E-state index contributed by atoms with van der Waals surface area (Å²) in [5.74, 6) is -0.669. The molecular formula is C20H21N3O5. The molecule has 0 aromatic heterocycles. The lowest BCUT2D eigenvalue weighted by atomic mass is 10.1. The van der Waals surface area contributed by atoms with Crippen LogP contribution in [0, 0.1) is 6.92 Å². The van der Waals surface area contributed by atoms with Crippen molar-refractivity contribution >= 4 is 23.4 Å². The van der Waals surface area contributed by atoms with Crippen LogP contribution in [-0.4, -0.2) is 44.0 Å². The third-order valence-electron chi connectivity index (χ3n) is 4.37. The second kappa shape index (κ2) is 7.99. The smallest absolute Gasteiger partial charge is 0.265 e. The van der Waals surface area contributed by atoms with Crippen LogP contribution in [0.3, 0.4) is 0 Å². The van der Waals surface area contributed by atoms with Gasteiger partial charge >= 0.3 is 0 Å². The number of para-hydroxylation sites is 2. The summed E-state index contributed by atoms with van der Waals surface area (Å²) in [6, 6.07) is 11.9. The maximum Gasteiger partial charge on any atom is 0.265 e. The molecule has 0 saturated carbocycles. The first-order chi connectivity index (χ1) is 13.4. The number of hydrogen-bond acceptors (Lipinski definition) is 5. The number of likely N-dealkylation sites (N-methyl/N-ethyl adjacent to an activating group) is 1. The van der Waals surface area contributed by atoms with Crippen LogP contribution in [0.1, 0.15) is 15.9 Å². The zero-order valence-electron chi connectivity index (χ0n) is 15.6. The molecule has 1 aliphatic heterocycles. The molecule has 0 unspecified atom stereocenters. The van der Waals surface area contributed by atoms with Crippen LogP contribution in [0.25, 0.3) is 0 Å². The Labute approximate surface area is 162 Å². The quantitative estimate of drug-likeness (QED) is 0.801. The van der Waals surface area contributed by atoms with E-state index in [0.717, 1.165) is 5.56 Å². The molecule has 1 heterocycles. The van der Waals surface area contributed by atoms with E-state index in [1.807, 2.05) is 6.92 Å². The van der Waals surface area contributed by atoms with E-state index >= 15 is 0 Å². The molecular weight excluding hydrogens is 362 g/mol. The molecule has 0 fully saturated rings. The van der Waals surface area contributed by atoms with Crippen LogP contribution in [0.5, 0.6) is 11.5 Å². The van der Waals surface area contributed by atoms with Crippen molar-refractivity contribution in [2.75, 3.05) is 25.1 Å². The first-order valence-electron chi connectivity index (χ1n) is 8.71. The summed E-state index contributed by atoms with van der Waals surface area (Å²) in [4.78, 5) is 37.9. The molecule has 1 aliphatic rings. The van der Waals surface area contributed by atoms with Crippen molar-refractivity contribution in [3.63, 3.8) is 0 Å². The highest BCUT2D eigenvalue weighted by atomic mass is 16.5. The van der Waals surface area contributed by atoms with Gasteiger partial charge in [0.2, 0.25) is 0 Å². The van der Waals surface area contributed by atoms with E-state index in [0.29, 0.717) is 11.4 Å². The minimum absolute atomic E-state index is 0.0510. The first-order valence-corrected chi connectivity index (χ1v) is 8.71. The monoisotopic (exact) mass is 383 g/mol. The van der Waals surface area contributed by atoms with Crippen molar-refractivity contribution < 1.29 is 23.9 Å². The highest BCUT2D eigenvalue weighted by Crippen LogP contribution is 2.33. The SMILES string of the molecule is CNC(=O)[C@@H]1CN(C(=O)COc2cc(C)ccc2C(N)=O)c2ccccc2O1. The van der Waals surface area contributed by atoms with Crippen LogP contribution < -0.4 is 25.4 Å². The average molecular weight is 383 g/mol. The van der Waals surface area contributed by atoms with Gasteiger partial charge < -0.3 is 25.4 Å². The molecule has 2 aromatic rings. The number of nitrogens with zero attached hydrogens (tertiary/aromatic N) is 1. The molecule has 28 heavy (non-hydrogen) atoms. The largest absolute Gasteiger partial charge is 0.483 e. The Balaban J connectivity index is 1.81. The maximum atomic E-state index is 12.9. The lowest BCUT2D eigenvalue weighted by molar-refractivity contribution is -0.128. The van der Waals surface area contributed by atoms with Gasteiger partial charge in [0.15, 0.2) is 12.7 Å². The van der Waals surface area contributed by atoms with Crippen molar-refractivity contribution in [2.45, 2.75) is 13.0 Å². The van der Waals surface area contributed by atoms with Gasteiger partial charge in [-0.25, -0.2) is 0 Å². The van der Waals surface area contributed by atoms with Gasteiger partial charge in [0, 0.05) is 7.05 Å². The van der Waals surface area contributed by atoms with Gasteiger partial charge in [-0.2, -0.15) is 0 Å². The van der Waals surface area contributed by atoms with E-state index in [9.17, 15) is 14.4 Å². The van der Waals surface area contributed by atoms with E-state index in [1.54, 1.807) is 42.5 Å². The number of primary amides is 1. The Hall–Kier alpha value is -3.55. The number of fused-ring (bicyclic) bond motifs is 1. The predicted octanol–water partition coefficient (Wildman–Crippen LogP) is 1.01.